The first-order chi connectivity index (χ1) is 8.39. The fourth-order valence-corrected chi connectivity index (χ4v) is 3.29. The molecule has 0 aromatic carbocycles. The minimum atomic E-state index is -0.149. The highest BCUT2D eigenvalue weighted by Gasteiger charge is 2.46. The van der Waals surface area contributed by atoms with Crippen molar-refractivity contribution in [2.75, 3.05) is 13.2 Å². The topological polar surface area (TPSA) is 30.5 Å². The minimum Gasteiger partial charge on any atom is -0.375 e. The van der Waals surface area contributed by atoms with E-state index in [2.05, 4.69) is 33.0 Å². The standard InChI is InChI=1S/C15H29NO2/c1-14(2)11-13(15(3,4)18-14)17-10-8-12-7-5-6-9-16-12/h12-13,16H,5-11H2,1-4H3. The summed E-state index contributed by atoms with van der Waals surface area (Å²) in [5, 5.41) is 3.57. The molecule has 0 radical (unpaired) electrons. The van der Waals surface area contributed by atoms with Crippen LogP contribution in [0.3, 0.4) is 0 Å². The summed E-state index contributed by atoms with van der Waals surface area (Å²) in [5.41, 5.74) is -0.194. The summed E-state index contributed by atoms with van der Waals surface area (Å²) in [6, 6.07) is 0.664. The third-order valence-corrected chi connectivity index (χ3v) is 4.19. The summed E-state index contributed by atoms with van der Waals surface area (Å²) in [4.78, 5) is 0. The Labute approximate surface area is 112 Å². The molecule has 0 saturated carbocycles. The molecule has 2 aliphatic heterocycles. The highest BCUT2D eigenvalue weighted by Crippen LogP contribution is 2.39. The molecule has 0 amide bonds. The Hall–Kier alpha value is -0.120. The van der Waals surface area contributed by atoms with Gasteiger partial charge in [-0.1, -0.05) is 6.42 Å². The van der Waals surface area contributed by atoms with E-state index in [-0.39, 0.29) is 17.3 Å². The molecular weight excluding hydrogens is 226 g/mol. The lowest BCUT2D eigenvalue weighted by Gasteiger charge is -2.28. The SMILES string of the molecule is CC1(C)CC(OCCC2CCCCN2)C(C)(C)O1. The van der Waals surface area contributed by atoms with E-state index in [4.69, 9.17) is 9.47 Å². The van der Waals surface area contributed by atoms with E-state index < -0.39 is 0 Å². The molecule has 0 bridgehead atoms. The van der Waals surface area contributed by atoms with E-state index in [9.17, 15) is 0 Å². The number of nitrogens with one attached hydrogen (secondary N) is 1. The van der Waals surface area contributed by atoms with E-state index >= 15 is 0 Å². The van der Waals surface area contributed by atoms with Gasteiger partial charge in [-0.25, -0.2) is 0 Å². The molecule has 2 atom stereocenters. The highest BCUT2D eigenvalue weighted by molar-refractivity contribution is 4.95. The summed E-state index contributed by atoms with van der Waals surface area (Å²) >= 11 is 0. The average Bonchev–Trinajstić information content (AvgIpc) is 2.48. The Morgan fingerprint density at radius 1 is 1.22 bits per heavy atom. The van der Waals surface area contributed by atoms with E-state index in [1.54, 1.807) is 0 Å². The van der Waals surface area contributed by atoms with Gasteiger partial charge in [-0.05, 0) is 53.5 Å². The van der Waals surface area contributed by atoms with Crippen molar-refractivity contribution < 1.29 is 9.47 Å². The fraction of sp³-hybridized carbons (Fsp3) is 1.00. The van der Waals surface area contributed by atoms with Crippen molar-refractivity contribution in [1.82, 2.24) is 5.32 Å². The van der Waals surface area contributed by atoms with Gasteiger partial charge in [0.15, 0.2) is 0 Å². The van der Waals surface area contributed by atoms with Gasteiger partial charge in [-0.2, -0.15) is 0 Å². The van der Waals surface area contributed by atoms with Crippen molar-refractivity contribution in [1.29, 1.82) is 0 Å². The molecule has 0 spiro atoms. The van der Waals surface area contributed by atoms with E-state index in [1.807, 2.05) is 0 Å². The van der Waals surface area contributed by atoms with Crippen LogP contribution in [0, 0.1) is 0 Å². The van der Waals surface area contributed by atoms with Crippen LogP contribution < -0.4 is 5.32 Å². The maximum atomic E-state index is 6.09. The molecule has 0 aliphatic carbocycles. The largest absolute Gasteiger partial charge is 0.375 e. The van der Waals surface area contributed by atoms with Crippen LogP contribution >= 0.6 is 0 Å². The number of ether oxygens (including phenoxy) is 2. The Morgan fingerprint density at radius 3 is 2.56 bits per heavy atom. The average molecular weight is 255 g/mol. The molecule has 106 valence electrons. The lowest BCUT2D eigenvalue weighted by molar-refractivity contribution is -0.104. The molecule has 2 fully saturated rings. The lowest BCUT2D eigenvalue weighted by atomic mass is 9.97. The third kappa shape index (κ3) is 3.69. The highest BCUT2D eigenvalue weighted by atomic mass is 16.6. The number of hydrogen-bond acceptors (Lipinski definition) is 3. The molecule has 3 nitrogen and oxygen atoms in total. The van der Waals surface area contributed by atoms with Crippen molar-refractivity contribution >= 4 is 0 Å². The predicted molar refractivity (Wildman–Crippen MR) is 73.9 cm³/mol. The molecule has 0 aromatic heterocycles. The van der Waals surface area contributed by atoms with Crippen LogP contribution in [-0.4, -0.2) is 36.5 Å². The maximum Gasteiger partial charge on any atom is 0.0895 e. The van der Waals surface area contributed by atoms with E-state index in [0.717, 1.165) is 19.4 Å². The smallest absolute Gasteiger partial charge is 0.0895 e. The zero-order valence-electron chi connectivity index (χ0n) is 12.4. The van der Waals surface area contributed by atoms with Crippen molar-refractivity contribution in [2.24, 2.45) is 0 Å². The van der Waals surface area contributed by atoms with Gasteiger partial charge < -0.3 is 14.8 Å². The predicted octanol–water partition coefficient (Wildman–Crippen LogP) is 2.88. The molecule has 0 aromatic rings. The van der Waals surface area contributed by atoms with Crippen LogP contribution in [0.4, 0.5) is 0 Å². The second-order valence-electron chi connectivity index (χ2n) is 6.96. The van der Waals surface area contributed by atoms with Crippen LogP contribution in [0.2, 0.25) is 0 Å². The summed E-state index contributed by atoms with van der Waals surface area (Å²) < 4.78 is 12.1. The number of hydrogen-bond donors (Lipinski definition) is 1. The molecule has 2 saturated heterocycles. The van der Waals surface area contributed by atoms with Gasteiger partial charge in [0.05, 0.1) is 17.3 Å². The number of piperidine rings is 1. The lowest BCUT2D eigenvalue weighted by Crippen LogP contribution is -2.37. The molecule has 2 rings (SSSR count). The van der Waals surface area contributed by atoms with Crippen LogP contribution in [0.25, 0.3) is 0 Å². The first-order valence-electron chi connectivity index (χ1n) is 7.44. The quantitative estimate of drug-likeness (QED) is 0.838. The van der Waals surface area contributed by atoms with Gasteiger partial charge in [-0.15, -0.1) is 0 Å². The Morgan fingerprint density at radius 2 is 2.00 bits per heavy atom. The van der Waals surface area contributed by atoms with Crippen LogP contribution in [0.1, 0.15) is 59.8 Å². The molecule has 1 N–H and O–H groups in total. The molecular formula is C15H29NO2. The van der Waals surface area contributed by atoms with Crippen LogP contribution in [0.15, 0.2) is 0 Å². The zero-order valence-corrected chi connectivity index (χ0v) is 12.4. The molecule has 18 heavy (non-hydrogen) atoms. The maximum absolute atomic E-state index is 6.09. The van der Waals surface area contributed by atoms with Gasteiger partial charge in [0.25, 0.3) is 0 Å². The van der Waals surface area contributed by atoms with Crippen LogP contribution in [-0.2, 0) is 9.47 Å². The van der Waals surface area contributed by atoms with Crippen molar-refractivity contribution in [3.8, 4) is 0 Å². The summed E-state index contributed by atoms with van der Waals surface area (Å²) in [6.07, 6.45) is 6.36. The molecule has 2 aliphatic rings. The first kappa shape index (κ1) is 14.3. The van der Waals surface area contributed by atoms with Crippen molar-refractivity contribution in [2.45, 2.75) is 83.1 Å². The first-order valence-corrected chi connectivity index (χ1v) is 7.44. The van der Waals surface area contributed by atoms with E-state index in [0.29, 0.717) is 6.04 Å². The fourth-order valence-electron chi connectivity index (χ4n) is 3.29. The minimum absolute atomic E-state index is 0.0444. The summed E-state index contributed by atoms with van der Waals surface area (Å²) in [6.45, 7) is 10.6. The second kappa shape index (κ2) is 5.48. The van der Waals surface area contributed by atoms with Crippen molar-refractivity contribution in [3.63, 3.8) is 0 Å². The molecule has 2 unspecified atom stereocenters. The number of rotatable bonds is 4. The molecule has 2 heterocycles. The Kier molecular flexibility index (Phi) is 4.35. The van der Waals surface area contributed by atoms with Gasteiger partial charge in [0, 0.05) is 19.1 Å². The van der Waals surface area contributed by atoms with Gasteiger partial charge in [0.2, 0.25) is 0 Å². The molecule has 3 heteroatoms. The normalized spacial score (nSPS) is 34.7. The zero-order chi connectivity index (χ0) is 13.2. The Bertz CT molecular complexity index is 270. The van der Waals surface area contributed by atoms with Crippen LogP contribution in [0.5, 0.6) is 0 Å². The van der Waals surface area contributed by atoms with Gasteiger partial charge in [0.1, 0.15) is 0 Å². The summed E-state index contributed by atoms with van der Waals surface area (Å²) in [7, 11) is 0. The second-order valence-corrected chi connectivity index (χ2v) is 6.96. The monoisotopic (exact) mass is 255 g/mol. The third-order valence-electron chi connectivity index (χ3n) is 4.19. The van der Waals surface area contributed by atoms with Gasteiger partial charge >= 0.3 is 0 Å². The Balaban J connectivity index is 1.73. The van der Waals surface area contributed by atoms with Gasteiger partial charge in [-0.3, -0.25) is 0 Å². The summed E-state index contributed by atoms with van der Waals surface area (Å²) in [5.74, 6) is 0. The van der Waals surface area contributed by atoms with Crippen molar-refractivity contribution in [3.05, 3.63) is 0 Å². The van der Waals surface area contributed by atoms with E-state index in [1.165, 1.54) is 25.8 Å².